The van der Waals surface area contributed by atoms with E-state index in [2.05, 4.69) is 9.97 Å². The van der Waals surface area contributed by atoms with Gasteiger partial charge in [0.15, 0.2) is 0 Å². The molecular weight excluding hydrogens is 336 g/mol. The fraction of sp³-hybridized carbons (Fsp3) is 0.267. The van der Waals surface area contributed by atoms with Gasteiger partial charge in [-0.1, -0.05) is 11.6 Å². The summed E-state index contributed by atoms with van der Waals surface area (Å²) in [7, 11) is 0. The van der Waals surface area contributed by atoms with E-state index in [4.69, 9.17) is 16.3 Å². The molecule has 0 aliphatic carbocycles. The Bertz CT molecular complexity index is 771. The highest BCUT2D eigenvalue weighted by molar-refractivity contribution is 6.31. The Kier molecular flexibility index (Phi) is 4.57. The third-order valence-corrected chi connectivity index (χ3v) is 3.88. The molecule has 1 unspecified atom stereocenters. The highest BCUT2D eigenvalue weighted by Gasteiger charge is 2.32. The number of carbonyl (C=O) groups excluding carboxylic acids is 1. The van der Waals surface area contributed by atoms with Crippen molar-refractivity contribution in [2.45, 2.75) is 12.5 Å². The Morgan fingerprint density at radius 1 is 1.42 bits per heavy atom. The molecule has 0 radical (unpaired) electrons. The first-order valence-electron chi connectivity index (χ1n) is 7.20. The minimum absolute atomic E-state index is 0.0207. The van der Waals surface area contributed by atoms with Crippen molar-refractivity contribution in [3.63, 3.8) is 0 Å². The molecule has 1 amide bonds. The molecule has 0 saturated carbocycles. The van der Waals surface area contributed by atoms with Crippen molar-refractivity contribution < 1.29 is 14.5 Å². The Morgan fingerprint density at radius 3 is 2.96 bits per heavy atom. The summed E-state index contributed by atoms with van der Waals surface area (Å²) in [6.07, 6.45) is 4.92. The lowest BCUT2D eigenvalue weighted by Crippen LogP contribution is -2.31. The summed E-state index contributed by atoms with van der Waals surface area (Å²) in [5.41, 5.74) is -0.282. The van der Waals surface area contributed by atoms with Crippen LogP contribution in [0.1, 0.15) is 16.8 Å². The number of carbonyl (C=O) groups is 1. The van der Waals surface area contributed by atoms with Gasteiger partial charge in [-0.15, -0.1) is 0 Å². The number of nitrogens with zero attached hydrogens (tertiary/aromatic N) is 4. The van der Waals surface area contributed by atoms with Gasteiger partial charge in [0, 0.05) is 36.4 Å². The van der Waals surface area contributed by atoms with Crippen molar-refractivity contribution in [1.82, 2.24) is 14.9 Å². The maximum absolute atomic E-state index is 12.6. The average molecular weight is 349 g/mol. The predicted octanol–water partition coefficient (Wildman–Crippen LogP) is 2.33. The summed E-state index contributed by atoms with van der Waals surface area (Å²) in [5.74, 6) is -0.0556. The van der Waals surface area contributed by atoms with Crippen LogP contribution in [0.25, 0.3) is 0 Å². The molecule has 2 heterocycles. The molecule has 1 aromatic heterocycles. The summed E-state index contributed by atoms with van der Waals surface area (Å²) in [6.45, 7) is 0.756. The van der Waals surface area contributed by atoms with Gasteiger partial charge in [0.1, 0.15) is 11.7 Å². The molecule has 0 bridgehead atoms. The minimum Gasteiger partial charge on any atom is -0.471 e. The largest absolute Gasteiger partial charge is 0.471 e. The van der Waals surface area contributed by atoms with Gasteiger partial charge in [-0.05, 0) is 12.1 Å². The summed E-state index contributed by atoms with van der Waals surface area (Å²) >= 11 is 5.88. The number of rotatable bonds is 4. The third-order valence-electron chi connectivity index (χ3n) is 3.64. The van der Waals surface area contributed by atoms with Crippen molar-refractivity contribution in [1.29, 1.82) is 0 Å². The first kappa shape index (κ1) is 16.1. The lowest BCUT2D eigenvalue weighted by molar-refractivity contribution is -0.385. The highest BCUT2D eigenvalue weighted by atomic mass is 35.5. The number of likely N-dealkylation sites (tertiary alicyclic amines) is 1. The van der Waals surface area contributed by atoms with E-state index in [1.807, 2.05) is 0 Å². The van der Waals surface area contributed by atoms with Gasteiger partial charge < -0.3 is 9.64 Å². The molecule has 0 N–H and O–H groups in total. The lowest BCUT2D eigenvalue weighted by Gasteiger charge is -2.17. The molecule has 1 aromatic carbocycles. The van der Waals surface area contributed by atoms with Crippen molar-refractivity contribution in [3.05, 3.63) is 57.5 Å². The van der Waals surface area contributed by atoms with E-state index in [1.165, 1.54) is 41.7 Å². The van der Waals surface area contributed by atoms with E-state index in [-0.39, 0.29) is 22.4 Å². The molecule has 3 rings (SSSR count). The molecule has 1 aliphatic heterocycles. The van der Waals surface area contributed by atoms with Gasteiger partial charge in [-0.3, -0.25) is 19.9 Å². The maximum Gasteiger partial charge on any atom is 0.282 e. The Labute approximate surface area is 142 Å². The quantitative estimate of drug-likeness (QED) is 0.621. The molecule has 1 saturated heterocycles. The Hall–Kier alpha value is -2.74. The third kappa shape index (κ3) is 3.43. The van der Waals surface area contributed by atoms with E-state index >= 15 is 0 Å². The predicted molar refractivity (Wildman–Crippen MR) is 85.1 cm³/mol. The number of benzene rings is 1. The number of aromatic nitrogens is 2. The minimum atomic E-state index is -0.590. The summed E-state index contributed by atoms with van der Waals surface area (Å²) in [5, 5.41) is 11.4. The molecule has 24 heavy (non-hydrogen) atoms. The van der Waals surface area contributed by atoms with Gasteiger partial charge >= 0.3 is 0 Å². The topological polar surface area (TPSA) is 98.5 Å². The highest BCUT2D eigenvalue weighted by Crippen LogP contribution is 2.26. The maximum atomic E-state index is 12.6. The van der Waals surface area contributed by atoms with Crippen molar-refractivity contribution >= 4 is 23.2 Å². The first-order valence-corrected chi connectivity index (χ1v) is 7.58. The first-order chi connectivity index (χ1) is 11.5. The normalized spacial score (nSPS) is 16.9. The number of amides is 1. The SMILES string of the molecule is O=C(c1cc(Cl)ccc1[N+](=O)[O-])N1CCC(Oc2cnccn2)C1. The molecule has 1 aliphatic rings. The monoisotopic (exact) mass is 348 g/mol. The van der Waals surface area contributed by atoms with Crippen LogP contribution in [0.15, 0.2) is 36.8 Å². The number of nitro benzene ring substituents is 1. The summed E-state index contributed by atoms with van der Waals surface area (Å²) in [6, 6.07) is 3.94. The fourth-order valence-electron chi connectivity index (χ4n) is 2.54. The van der Waals surface area contributed by atoms with Gasteiger partial charge in [-0.2, -0.15) is 0 Å². The van der Waals surface area contributed by atoms with Crippen LogP contribution in [0.4, 0.5) is 5.69 Å². The van der Waals surface area contributed by atoms with Gasteiger partial charge in [0.05, 0.1) is 17.7 Å². The molecular formula is C15H13ClN4O4. The molecule has 9 heteroatoms. The van der Waals surface area contributed by atoms with Crippen LogP contribution in [-0.4, -0.2) is 44.9 Å². The fourth-order valence-corrected chi connectivity index (χ4v) is 2.71. The van der Waals surface area contributed by atoms with Crippen LogP contribution in [0.2, 0.25) is 5.02 Å². The Morgan fingerprint density at radius 2 is 2.25 bits per heavy atom. The number of halogens is 1. The number of hydrogen-bond donors (Lipinski definition) is 0. The van der Waals surface area contributed by atoms with Crippen molar-refractivity contribution in [2.75, 3.05) is 13.1 Å². The molecule has 8 nitrogen and oxygen atoms in total. The Balaban J connectivity index is 1.73. The standard InChI is InChI=1S/C15H13ClN4O4/c16-10-1-2-13(20(22)23)12(7-10)15(21)19-6-3-11(9-19)24-14-8-17-4-5-18-14/h1-2,4-5,7-8,11H,3,6,9H2. The number of hydrogen-bond acceptors (Lipinski definition) is 6. The second-order valence-electron chi connectivity index (χ2n) is 5.24. The van der Waals surface area contributed by atoms with Gasteiger partial charge in [-0.25, -0.2) is 4.98 Å². The van der Waals surface area contributed by atoms with E-state index in [0.717, 1.165) is 0 Å². The molecule has 2 aromatic rings. The van der Waals surface area contributed by atoms with Crippen LogP contribution < -0.4 is 4.74 Å². The van der Waals surface area contributed by atoms with Crippen LogP contribution in [-0.2, 0) is 0 Å². The molecule has 124 valence electrons. The van der Waals surface area contributed by atoms with Crippen LogP contribution in [0, 0.1) is 10.1 Å². The van der Waals surface area contributed by atoms with E-state index in [0.29, 0.717) is 25.4 Å². The zero-order chi connectivity index (χ0) is 17.1. The van der Waals surface area contributed by atoms with E-state index < -0.39 is 10.8 Å². The zero-order valence-corrected chi connectivity index (χ0v) is 13.2. The number of ether oxygens (including phenoxy) is 1. The molecule has 0 spiro atoms. The average Bonchev–Trinajstić information content (AvgIpc) is 3.03. The van der Waals surface area contributed by atoms with E-state index in [9.17, 15) is 14.9 Å². The smallest absolute Gasteiger partial charge is 0.282 e. The van der Waals surface area contributed by atoms with Crippen LogP contribution >= 0.6 is 11.6 Å². The van der Waals surface area contributed by atoms with Crippen molar-refractivity contribution in [3.8, 4) is 5.88 Å². The zero-order valence-electron chi connectivity index (χ0n) is 12.5. The molecule has 1 fully saturated rings. The summed E-state index contributed by atoms with van der Waals surface area (Å²) in [4.78, 5) is 32.6. The lowest BCUT2D eigenvalue weighted by atomic mass is 10.1. The van der Waals surface area contributed by atoms with Crippen molar-refractivity contribution in [2.24, 2.45) is 0 Å². The van der Waals surface area contributed by atoms with Gasteiger partial charge in [0.2, 0.25) is 5.88 Å². The van der Waals surface area contributed by atoms with Crippen LogP contribution in [0.3, 0.4) is 0 Å². The van der Waals surface area contributed by atoms with Gasteiger partial charge in [0.25, 0.3) is 11.6 Å². The second-order valence-corrected chi connectivity index (χ2v) is 5.68. The van der Waals surface area contributed by atoms with E-state index in [1.54, 1.807) is 0 Å². The summed E-state index contributed by atoms with van der Waals surface area (Å²) < 4.78 is 5.67. The number of nitro groups is 1. The second kappa shape index (κ2) is 6.79. The van der Waals surface area contributed by atoms with Crippen LogP contribution in [0.5, 0.6) is 5.88 Å². The molecule has 1 atom stereocenters.